The van der Waals surface area contributed by atoms with Crippen molar-refractivity contribution in [1.82, 2.24) is 14.8 Å². The summed E-state index contributed by atoms with van der Waals surface area (Å²) in [6.07, 6.45) is 7.32. The van der Waals surface area contributed by atoms with Gasteiger partial charge >= 0.3 is 0 Å². The number of amides is 1. The van der Waals surface area contributed by atoms with Crippen molar-refractivity contribution in [3.8, 4) is 11.8 Å². The number of nitriles is 1. The molecule has 1 amide bonds. The van der Waals surface area contributed by atoms with Gasteiger partial charge in [0.15, 0.2) is 5.75 Å². The zero-order valence-corrected chi connectivity index (χ0v) is 21.1. The molecular weight excluding hydrogens is 466 g/mol. The Bertz CT molecular complexity index is 1230. The maximum atomic E-state index is 11.8. The van der Waals surface area contributed by atoms with Gasteiger partial charge in [-0.15, -0.1) is 0 Å². The lowest BCUT2D eigenvalue weighted by molar-refractivity contribution is -0.133. The van der Waals surface area contributed by atoms with Crippen LogP contribution in [0, 0.1) is 11.3 Å². The van der Waals surface area contributed by atoms with Crippen LogP contribution in [0.25, 0.3) is 0 Å². The van der Waals surface area contributed by atoms with E-state index in [-0.39, 0.29) is 5.91 Å². The monoisotopic (exact) mass is 499 g/mol. The second-order valence-corrected chi connectivity index (χ2v) is 10.5. The summed E-state index contributed by atoms with van der Waals surface area (Å²) in [6, 6.07) is 9.09. The summed E-state index contributed by atoms with van der Waals surface area (Å²) >= 11 is 0. The number of rotatable bonds is 4. The fourth-order valence-electron chi connectivity index (χ4n) is 6.24. The van der Waals surface area contributed by atoms with Crippen molar-refractivity contribution in [1.29, 1.82) is 5.26 Å². The summed E-state index contributed by atoms with van der Waals surface area (Å²) in [4.78, 5) is 20.8. The smallest absolute Gasteiger partial charge is 0.246 e. The van der Waals surface area contributed by atoms with E-state index < -0.39 is 0 Å². The van der Waals surface area contributed by atoms with Crippen LogP contribution in [0.3, 0.4) is 0 Å². The minimum absolute atomic E-state index is 0.0193. The lowest BCUT2D eigenvalue weighted by atomic mass is 9.87. The predicted octanol–water partition coefficient (Wildman–Crippen LogP) is 4.06. The van der Waals surface area contributed by atoms with Crippen molar-refractivity contribution < 1.29 is 14.3 Å². The number of carbonyl (C=O) groups is 1. The van der Waals surface area contributed by atoms with E-state index in [1.807, 2.05) is 17.2 Å². The van der Waals surface area contributed by atoms with Crippen molar-refractivity contribution in [2.24, 2.45) is 0 Å². The van der Waals surface area contributed by atoms with Gasteiger partial charge in [0.2, 0.25) is 5.91 Å². The number of ether oxygens (including phenoxy) is 2. The highest BCUT2D eigenvalue weighted by Crippen LogP contribution is 2.42. The Hall–Kier alpha value is -3.41. The lowest BCUT2D eigenvalue weighted by Crippen LogP contribution is -2.61. The quantitative estimate of drug-likeness (QED) is 0.635. The average Bonchev–Trinajstić information content (AvgIpc) is 3.11. The van der Waals surface area contributed by atoms with Gasteiger partial charge in [-0.25, -0.2) is 4.98 Å². The maximum Gasteiger partial charge on any atom is 0.246 e. The van der Waals surface area contributed by atoms with Crippen molar-refractivity contribution in [2.75, 3.05) is 44.7 Å². The molecule has 6 rings (SSSR count). The number of anilines is 2. The molecule has 37 heavy (non-hydrogen) atoms. The highest BCUT2D eigenvalue weighted by atomic mass is 16.5. The van der Waals surface area contributed by atoms with E-state index in [1.165, 1.54) is 17.2 Å². The minimum atomic E-state index is 0.0193. The molecule has 4 aliphatic rings. The van der Waals surface area contributed by atoms with Crippen molar-refractivity contribution >= 4 is 17.4 Å². The SMILES string of the molecule is C=CC(=O)N1CC(N2CCC(c3cc(C#N)c4c(c3)Nc3nccc(C5CCOCC5)c3CO4)CC2)C1. The molecule has 0 bridgehead atoms. The molecule has 1 aromatic heterocycles. The van der Waals surface area contributed by atoms with Gasteiger partial charge in [0.25, 0.3) is 0 Å². The molecule has 0 saturated carbocycles. The summed E-state index contributed by atoms with van der Waals surface area (Å²) in [6.45, 7) is 9.11. The van der Waals surface area contributed by atoms with Crippen molar-refractivity contribution in [3.05, 3.63) is 59.3 Å². The van der Waals surface area contributed by atoms with Crippen LogP contribution in [-0.4, -0.2) is 66.1 Å². The number of carbonyl (C=O) groups excluding carboxylic acids is 1. The number of likely N-dealkylation sites (tertiary alicyclic amines) is 2. The normalized spacial score (nSPS) is 20.9. The van der Waals surface area contributed by atoms with Crippen LogP contribution >= 0.6 is 0 Å². The summed E-state index contributed by atoms with van der Waals surface area (Å²) in [5.41, 5.74) is 4.91. The molecule has 0 radical (unpaired) electrons. The summed E-state index contributed by atoms with van der Waals surface area (Å²) < 4.78 is 11.8. The summed E-state index contributed by atoms with van der Waals surface area (Å²) in [5.74, 6) is 2.27. The van der Waals surface area contributed by atoms with Crippen LogP contribution in [0.5, 0.6) is 5.75 Å². The molecule has 3 fully saturated rings. The lowest BCUT2D eigenvalue weighted by Gasteiger charge is -2.47. The average molecular weight is 500 g/mol. The molecule has 0 aliphatic carbocycles. The van der Waals surface area contributed by atoms with Crippen LogP contribution in [0.4, 0.5) is 11.5 Å². The largest absolute Gasteiger partial charge is 0.485 e. The van der Waals surface area contributed by atoms with Gasteiger partial charge in [0.05, 0.1) is 11.3 Å². The Morgan fingerprint density at radius 3 is 2.68 bits per heavy atom. The van der Waals surface area contributed by atoms with Gasteiger partial charge in [-0.1, -0.05) is 6.58 Å². The number of nitrogens with one attached hydrogen (secondary N) is 1. The van der Waals surface area contributed by atoms with Crippen LogP contribution in [0.15, 0.2) is 37.1 Å². The number of piperidine rings is 1. The number of benzene rings is 1. The number of pyridine rings is 1. The van der Waals surface area contributed by atoms with Crippen LogP contribution in [-0.2, 0) is 16.1 Å². The minimum Gasteiger partial charge on any atom is -0.485 e. The number of hydrogen-bond acceptors (Lipinski definition) is 7. The maximum absolute atomic E-state index is 11.8. The van der Waals surface area contributed by atoms with Crippen molar-refractivity contribution in [3.63, 3.8) is 0 Å². The first kappa shape index (κ1) is 24.0. The molecule has 5 heterocycles. The molecule has 8 nitrogen and oxygen atoms in total. The highest BCUT2D eigenvalue weighted by molar-refractivity contribution is 5.87. The Labute approximate surface area is 217 Å². The van der Waals surface area contributed by atoms with E-state index >= 15 is 0 Å². The Balaban J connectivity index is 1.19. The Morgan fingerprint density at radius 2 is 1.95 bits per heavy atom. The predicted molar refractivity (Wildman–Crippen MR) is 140 cm³/mol. The Kier molecular flexibility index (Phi) is 6.58. The fraction of sp³-hybridized carbons (Fsp3) is 0.483. The first-order valence-electron chi connectivity index (χ1n) is 13.3. The van der Waals surface area contributed by atoms with Crippen LogP contribution in [0.1, 0.15) is 59.8 Å². The molecule has 192 valence electrons. The Morgan fingerprint density at radius 1 is 1.16 bits per heavy atom. The first-order chi connectivity index (χ1) is 18.1. The van der Waals surface area contributed by atoms with Gasteiger partial charge in [-0.2, -0.15) is 5.26 Å². The van der Waals surface area contributed by atoms with E-state index in [9.17, 15) is 10.1 Å². The molecule has 0 spiro atoms. The molecule has 0 atom stereocenters. The van der Waals surface area contributed by atoms with Gasteiger partial charge in [-0.3, -0.25) is 9.69 Å². The molecule has 1 aromatic carbocycles. The standard InChI is InChI=1S/C29H33N5O3/c1-2-27(35)34-16-23(17-34)33-9-4-19(5-10-33)21-13-22(15-30)28-26(14-21)32-29-25(18-37-28)24(3-8-31-29)20-6-11-36-12-7-20/h2-3,8,13-14,19-20,23H,1,4-7,9-12,16-18H2,(H,31,32). The van der Waals surface area contributed by atoms with E-state index in [0.29, 0.717) is 35.8 Å². The van der Waals surface area contributed by atoms with Crippen LogP contribution < -0.4 is 10.1 Å². The highest BCUT2D eigenvalue weighted by Gasteiger charge is 2.36. The van der Waals surface area contributed by atoms with E-state index in [4.69, 9.17) is 9.47 Å². The summed E-state index contributed by atoms with van der Waals surface area (Å²) in [7, 11) is 0. The van der Waals surface area contributed by atoms with E-state index in [2.05, 4.69) is 40.0 Å². The second kappa shape index (κ2) is 10.2. The first-order valence-corrected chi connectivity index (χ1v) is 13.3. The van der Waals surface area contributed by atoms with Crippen LogP contribution in [0.2, 0.25) is 0 Å². The molecule has 3 saturated heterocycles. The van der Waals surface area contributed by atoms with E-state index in [1.54, 1.807) is 0 Å². The fourth-order valence-corrected chi connectivity index (χ4v) is 6.24. The van der Waals surface area contributed by atoms with Crippen molar-refractivity contribution in [2.45, 2.75) is 50.2 Å². The van der Waals surface area contributed by atoms with Gasteiger partial charge in [0, 0.05) is 44.1 Å². The molecular formula is C29H33N5O3. The number of aromatic nitrogens is 1. The molecule has 8 heteroatoms. The molecule has 4 aliphatic heterocycles. The molecule has 2 aromatic rings. The van der Waals surface area contributed by atoms with E-state index in [0.717, 1.165) is 82.1 Å². The molecule has 1 N–H and O–H groups in total. The third kappa shape index (κ3) is 4.58. The second-order valence-electron chi connectivity index (χ2n) is 10.5. The zero-order valence-electron chi connectivity index (χ0n) is 21.1. The topological polar surface area (TPSA) is 90.7 Å². The zero-order chi connectivity index (χ0) is 25.4. The van der Waals surface area contributed by atoms with Gasteiger partial charge in [-0.05, 0) is 86.0 Å². The number of hydrogen-bond donors (Lipinski definition) is 1. The van der Waals surface area contributed by atoms with Gasteiger partial charge in [0.1, 0.15) is 18.5 Å². The number of nitrogens with zero attached hydrogens (tertiary/aromatic N) is 4. The summed E-state index contributed by atoms with van der Waals surface area (Å²) in [5, 5.41) is 13.5. The molecule has 0 unspecified atom stereocenters. The third-order valence-corrected chi connectivity index (χ3v) is 8.46. The number of fused-ring (bicyclic) bond motifs is 2. The third-order valence-electron chi connectivity index (χ3n) is 8.46. The van der Waals surface area contributed by atoms with Gasteiger partial charge < -0.3 is 19.7 Å².